The van der Waals surface area contributed by atoms with Gasteiger partial charge in [0.1, 0.15) is 0 Å². The summed E-state index contributed by atoms with van der Waals surface area (Å²) >= 11 is 0. The quantitative estimate of drug-likeness (QED) is 0.434. The van der Waals surface area contributed by atoms with Crippen LogP contribution >= 0.6 is 24.0 Å². The predicted octanol–water partition coefficient (Wildman–Crippen LogP) is 2.81. The Morgan fingerprint density at radius 2 is 1.95 bits per heavy atom. The highest BCUT2D eigenvalue weighted by Gasteiger charge is 2.02. The average Bonchev–Trinajstić information content (AvgIpc) is 2.40. The van der Waals surface area contributed by atoms with Gasteiger partial charge in [-0.05, 0) is 25.3 Å². The van der Waals surface area contributed by atoms with Gasteiger partial charge >= 0.3 is 0 Å². The summed E-state index contributed by atoms with van der Waals surface area (Å²) in [5, 5.41) is 6.53. The highest BCUT2D eigenvalue weighted by atomic mass is 127. The third-order valence-electron chi connectivity index (χ3n) is 2.52. The summed E-state index contributed by atoms with van der Waals surface area (Å²) in [6, 6.07) is 3.90. The summed E-state index contributed by atoms with van der Waals surface area (Å²) in [4.78, 5) is 8.46. The number of aromatic nitrogens is 1. The van der Waals surface area contributed by atoms with Gasteiger partial charge in [0, 0.05) is 32.4 Å². The summed E-state index contributed by atoms with van der Waals surface area (Å²) in [5.41, 5.74) is 1.09. The van der Waals surface area contributed by atoms with Crippen molar-refractivity contribution in [2.75, 3.05) is 13.6 Å². The van der Waals surface area contributed by atoms with Crippen molar-refractivity contribution in [3.05, 3.63) is 23.9 Å². The molecule has 6 heteroatoms. The van der Waals surface area contributed by atoms with Crippen molar-refractivity contribution in [3.63, 3.8) is 0 Å². The second kappa shape index (κ2) is 10.6. The Balaban J connectivity index is 0.00000400. The molecule has 0 atom stereocenters. The summed E-state index contributed by atoms with van der Waals surface area (Å²) in [6.45, 7) is 9.89. The lowest BCUT2D eigenvalue weighted by atomic mass is 10.2. The van der Waals surface area contributed by atoms with Gasteiger partial charge in [0.05, 0.1) is 6.10 Å². The number of nitrogens with zero attached hydrogens (tertiary/aromatic N) is 2. The van der Waals surface area contributed by atoms with E-state index in [2.05, 4.69) is 34.5 Å². The molecule has 0 fully saturated rings. The Morgan fingerprint density at radius 3 is 2.43 bits per heavy atom. The van der Waals surface area contributed by atoms with Gasteiger partial charge < -0.3 is 15.4 Å². The van der Waals surface area contributed by atoms with Gasteiger partial charge in [-0.3, -0.25) is 4.99 Å². The van der Waals surface area contributed by atoms with Crippen LogP contribution in [0.15, 0.2) is 23.3 Å². The van der Waals surface area contributed by atoms with Gasteiger partial charge in [0.25, 0.3) is 0 Å². The molecule has 5 nitrogen and oxygen atoms in total. The topological polar surface area (TPSA) is 58.5 Å². The minimum atomic E-state index is 0. The number of rotatable bonds is 6. The maximum absolute atomic E-state index is 5.51. The number of halogens is 1. The van der Waals surface area contributed by atoms with Crippen LogP contribution in [0.4, 0.5) is 0 Å². The van der Waals surface area contributed by atoms with E-state index in [4.69, 9.17) is 4.74 Å². The first-order valence-electron chi connectivity index (χ1n) is 7.07. The summed E-state index contributed by atoms with van der Waals surface area (Å²) in [6.07, 6.45) is 1.96. The lowest BCUT2D eigenvalue weighted by molar-refractivity contribution is 0.232. The van der Waals surface area contributed by atoms with E-state index in [1.807, 2.05) is 32.2 Å². The zero-order chi connectivity index (χ0) is 15.0. The van der Waals surface area contributed by atoms with Gasteiger partial charge in [-0.25, -0.2) is 4.98 Å². The van der Waals surface area contributed by atoms with Crippen molar-refractivity contribution >= 4 is 29.9 Å². The molecule has 0 bridgehead atoms. The number of hydrogen-bond acceptors (Lipinski definition) is 3. The molecule has 0 aliphatic rings. The van der Waals surface area contributed by atoms with E-state index in [1.54, 1.807) is 7.05 Å². The highest BCUT2D eigenvalue weighted by molar-refractivity contribution is 14.0. The van der Waals surface area contributed by atoms with Crippen LogP contribution < -0.4 is 15.4 Å². The van der Waals surface area contributed by atoms with Crippen LogP contribution in [0.5, 0.6) is 5.88 Å². The van der Waals surface area contributed by atoms with E-state index in [9.17, 15) is 0 Å². The fraction of sp³-hybridized carbons (Fsp3) is 0.600. The number of pyridine rings is 1. The van der Waals surface area contributed by atoms with Crippen LogP contribution in [0.1, 0.15) is 33.3 Å². The largest absolute Gasteiger partial charge is 0.475 e. The van der Waals surface area contributed by atoms with Gasteiger partial charge in [0.2, 0.25) is 5.88 Å². The van der Waals surface area contributed by atoms with Crippen LogP contribution in [0, 0.1) is 5.92 Å². The molecule has 0 saturated heterocycles. The Kier molecular flexibility index (Phi) is 10.1. The van der Waals surface area contributed by atoms with Gasteiger partial charge in [0.15, 0.2) is 5.96 Å². The maximum Gasteiger partial charge on any atom is 0.213 e. The lowest BCUT2D eigenvalue weighted by Crippen LogP contribution is -2.38. The van der Waals surface area contributed by atoms with Crippen molar-refractivity contribution in [1.29, 1.82) is 0 Å². The second-order valence-electron chi connectivity index (χ2n) is 5.37. The SMILES string of the molecule is CN=C(NCc1ccc(OC(C)C)nc1)NCC(C)C.I. The van der Waals surface area contributed by atoms with Gasteiger partial charge in [-0.15, -0.1) is 24.0 Å². The molecule has 0 amide bonds. The highest BCUT2D eigenvalue weighted by Crippen LogP contribution is 2.09. The molecule has 0 spiro atoms. The van der Waals surface area contributed by atoms with E-state index in [0.29, 0.717) is 18.3 Å². The van der Waals surface area contributed by atoms with Crippen LogP contribution in [-0.4, -0.2) is 30.6 Å². The summed E-state index contributed by atoms with van der Waals surface area (Å²) in [7, 11) is 1.77. The molecule has 0 saturated carbocycles. The third-order valence-corrected chi connectivity index (χ3v) is 2.52. The lowest BCUT2D eigenvalue weighted by Gasteiger charge is -2.13. The van der Waals surface area contributed by atoms with Gasteiger partial charge in [-0.2, -0.15) is 0 Å². The molecule has 1 aromatic rings. The monoisotopic (exact) mass is 406 g/mol. The molecule has 1 rings (SSSR count). The number of nitrogens with one attached hydrogen (secondary N) is 2. The molecule has 0 aliphatic heterocycles. The Bertz CT molecular complexity index is 418. The first kappa shape index (κ1) is 19.9. The van der Waals surface area contributed by atoms with Gasteiger partial charge in [-0.1, -0.05) is 19.9 Å². The first-order chi connectivity index (χ1) is 9.51. The first-order valence-corrected chi connectivity index (χ1v) is 7.07. The summed E-state index contributed by atoms with van der Waals surface area (Å²) < 4.78 is 5.51. The minimum absolute atomic E-state index is 0. The van der Waals surface area contributed by atoms with Crippen molar-refractivity contribution in [2.24, 2.45) is 10.9 Å². The molecule has 0 unspecified atom stereocenters. The fourth-order valence-corrected chi connectivity index (χ4v) is 1.53. The Morgan fingerprint density at radius 1 is 1.24 bits per heavy atom. The van der Waals surface area contributed by atoms with Crippen molar-refractivity contribution in [1.82, 2.24) is 15.6 Å². The van der Waals surface area contributed by atoms with E-state index >= 15 is 0 Å². The van der Waals surface area contributed by atoms with Crippen LogP contribution in [0.2, 0.25) is 0 Å². The Labute approximate surface area is 145 Å². The van der Waals surface area contributed by atoms with Crippen LogP contribution in [0.25, 0.3) is 0 Å². The molecule has 2 N–H and O–H groups in total. The molecular weight excluding hydrogens is 379 g/mol. The molecule has 1 heterocycles. The van der Waals surface area contributed by atoms with E-state index in [0.717, 1.165) is 18.1 Å². The zero-order valence-electron chi connectivity index (χ0n) is 13.5. The minimum Gasteiger partial charge on any atom is -0.475 e. The standard InChI is InChI=1S/C15H26N4O.HI/c1-11(2)8-18-15(16-5)19-10-13-6-7-14(17-9-13)20-12(3)4;/h6-7,9,11-12H,8,10H2,1-5H3,(H2,16,18,19);1H. The second-order valence-corrected chi connectivity index (χ2v) is 5.37. The van der Waals surface area contributed by atoms with Crippen LogP contribution in [-0.2, 0) is 6.54 Å². The fourth-order valence-electron chi connectivity index (χ4n) is 1.53. The number of guanidine groups is 1. The zero-order valence-corrected chi connectivity index (χ0v) is 15.8. The summed E-state index contributed by atoms with van der Waals surface area (Å²) in [5.74, 6) is 2.05. The molecule has 21 heavy (non-hydrogen) atoms. The molecule has 0 aromatic carbocycles. The van der Waals surface area contributed by atoms with E-state index < -0.39 is 0 Å². The molecular formula is C15H27IN4O. The Hall–Kier alpha value is -1.05. The third kappa shape index (κ3) is 8.75. The maximum atomic E-state index is 5.51. The molecule has 0 radical (unpaired) electrons. The van der Waals surface area contributed by atoms with E-state index in [-0.39, 0.29) is 30.1 Å². The average molecular weight is 406 g/mol. The molecule has 0 aliphatic carbocycles. The van der Waals surface area contributed by atoms with Crippen LogP contribution in [0.3, 0.4) is 0 Å². The van der Waals surface area contributed by atoms with Crippen molar-refractivity contribution < 1.29 is 4.74 Å². The number of aliphatic imine (C=N–C) groups is 1. The normalized spacial score (nSPS) is 11.3. The van der Waals surface area contributed by atoms with Crippen molar-refractivity contribution in [3.8, 4) is 5.88 Å². The predicted molar refractivity (Wildman–Crippen MR) is 98.5 cm³/mol. The molecule has 120 valence electrons. The number of hydrogen-bond donors (Lipinski definition) is 2. The van der Waals surface area contributed by atoms with E-state index in [1.165, 1.54) is 0 Å². The van der Waals surface area contributed by atoms with Crippen molar-refractivity contribution in [2.45, 2.75) is 40.3 Å². The number of ether oxygens (including phenoxy) is 1. The smallest absolute Gasteiger partial charge is 0.213 e. The molecule has 1 aromatic heterocycles.